The minimum Gasteiger partial charge on any atom is -0.396 e. The van der Waals surface area contributed by atoms with Crippen LogP contribution in [-0.4, -0.2) is 16.7 Å². The van der Waals surface area contributed by atoms with E-state index in [1.165, 1.54) is 16.0 Å². The quantitative estimate of drug-likeness (QED) is 0.884. The van der Waals surface area contributed by atoms with E-state index < -0.39 is 0 Å². The molecule has 0 amide bonds. The van der Waals surface area contributed by atoms with E-state index in [0.717, 1.165) is 10.7 Å². The van der Waals surface area contributed by atoms with E-state index in [9.17, 15) is 0 Å². The number of aryl methyl sites for hydroxylation is 2. The molecule has 0 radical (unpaired) electrons. The van der Waals surface area contributed by atoms with Crippen LogP contribution in [0.2, 0.25) is 0 Å². The van der Waals surface area contributed by atoms with Crippen LogP contribution in [-0.2, 0) is 6.42 Å². The molecular formula is C13H15NOS. The van der Waals surface area contributed by atoms with Crippen molar-refractivity contribution in [2.45, 2.75) is 20.3 Å². The van der Waals surface area contributed by atoms with Crippen LogP contribution in [0.5, 0.6) is 0 Å². The van der Waals surface area contributed by atoms with Crippen LogP contribution in [0.1, 0.15) is 16.1 Å². The SMILES string of the molecule is Cc1ccccc1-c1nc(C)c(CCO)s1. The normalized spacial score (nSPS) is 10.7. The summed E-state index contributed by atoms with van der Waals surface area (Å²) in [5.74, 6) is 0. The molecule has 1 heterocycles. The van der Waals surface area contributed by atoms with Gasteiger partial charge in [0.25, 0.3) is 0 Å². The predicted molar refractivity (Wildman–Crippen MR) is 67.8 cm³/mol. The van der Waals surface area contributed by atoms with Gasteiger partial charge in [0.1, 0.15) is 5.01 Å². The fourth-order valence-corrected chi connectivity index (χ4v) is 2.83. The molecular weight excluding hydrogens is 218 g/mol. The molecule has 0 atom stereocenters. The van der Waals surface area contributed by atoms with Crippen molar-refractivity contribution in [3.63, 3.8) is 0 Å². The fourth-order valence-electron chi connectivity index (χ4n) is 1.69. The lowest BCUT2D eigenvalue weighted by Crippen LogP contribution is -1.88. The number of aliphatic hydroxyl groups is 1. The van der Waals surface area contributed by atoms with E-state index in [1.54, 1.807) is 11.3 Å². The van der Waals surface area contributed by atoms with Crippen molar-refractivity contribution < 1.29 is 5.11 Å². The van der Waals surface area contributed by atoms with Crippen molar-refractivity contribution >= 4 is 11.3 Å². The summed E-state index contributed by atoms with van der Waals surface area (Å²) in [6.45, 7) is 4.29. The van der Waals surface area contributed by atoms with Crippen molar-refractivity contribution in [1.82, 2.24) is 4.98 Å². The van der Waals surface area contributed by atoms with E-state index >= 15 is 0 Å². The molecule has 1 aromatic carbocycles. The Morgan fingerprint density at radius 3 is 2.69 bits per heavy atom. The molecule has 0 aliphatic rings. The second-order valence-electron chi connectivity index (χ2n) is 3.82. The van der Waals surface area contributed by atoms with Crippen LogP contribution in [0.15, 0.2) is 24.3 Å². The first kappa shape index (κ1) is 11.3. The summed E-state index contributed by atoms with van der Waals surface area (Å²) in [7, 11) is 0. The second kappa shape index (κ2) is 4.76. The highest BCUT2D eigenvalue weighted by Crippen LogP contribution is 2.30. The molecule has 16 heavy (non-hydrogen) atoms. The van der Waals surface area contributed by atoms with Gasteiger partial charge in [0.15, 0.2) is 0 Å². The summed E-state index contributed by atoms with van der Waals surface area (Å²) >= 11 is 1.68. The predicted octanol–water partition coefficient (Wildman–Crippen LogP) is 2.96. The van der Waals surface area contributed by atoms with Crippen molar-refractivity contribution in [1.29, 1.82) is 0 Å². The molecule has 1 aromatic heterocycles. The highest BCUT2D eigenvalue weighted by molar-refractivity contribution is 7.15. The maximum atomic E-state index is 8.96. The van der Waals surface area contributed by atoms with Gasteiger partial charge in [-0.15, -0.1) is 11.3 Å². The molecule has 2 rings (SSSR count). The number of aromatic nitrogens is 1. The summed E-state index contributed by atoms with van der Waals surface area (Å²) in [6, 6.07) is 8.26. The topological polar surface area (TPSA) is 33.1 Å². The lowest BCUT2D eigenvalue weighted by Gasteiger charge is -1.99. The van der Waals surface area contributed by atoms with Crippen molar-refractivity contribution in [3.8, 4) is 10.6 Å². The largest absolute Gasteiger partial charge is 0.396 e. The summed E-state index contributed by atoms with van der Waals surface area (Å²) in [6.07, 6.45) is 0.704. The Morgan fingerprint density at radius 1 is 1.25 bits per heavy atom. The lowest BCUT2D eigenvalue weighted by atomic mass is 10.1. The second-order valence-corrected chi connectivity index (χ2v) is 4.90. The molecule has 84 valence electrons. The molecule has 0 spiro atoms. The third kappa shape index (κ3) is 2.15. The van der Waals surface area contributed by atoms with Gasteiger partial charge in [-0.05, 0) is 19.4 Å². The van der Waals surface area contributed by atoms with Gasteiger partial charge < -0.3 is 5.11 Å². The van der Waals surface area contributed by atoms with Gasteiger partial charge in [0.05, 0.1) is 5.69 Å². The molecule has 0 saturated carbocycles. The lowest BCUT2D eigenvalue weighted by molar-refractivity contribution is 0.300. The summed E-state index contributed by atoms with van der Waals surface area (Å²) < 4.78 is 0. The molecule has 0 saturated heterocycles. The summed E-state index contributed by atoms with van der Waals surface area (Å²) in [4.78, 5) is 5.75. The Kier molecular flexibility index (Phi) is 3.36. The number of thiazole rings is 1. The third-order valence-corrected chi connectivity index (χ3v) is 3.86. The van der Waals surface area contributed by atoms with Crippen LogP contribution in [0.4, 0.5) is 0 Å². The highest BCUT2D eigenvalue weighted by Gasteiger charge is 2.10. The van der Waals surface area contributed by atoms with Crippen LogP contribution in [0, 0.1) is 13.8 Å². The first-order valence-corrected chi connectivity index (χ1v) is 6.17. The minimum absolute atomic E-state index is 0.191. The average Bonchev–Trinajstić information content (AvgIpc) is 2.61. The molecule has 0 aliphatic heterocycles. The Labute approximate surface area is 99.6 Å². The van der Waals surface area contributed by atoms with E-state index in [2.05, 4.69) is 24.0 Å². The summed E-state index contributed by atoms with van der Waals surface area (Å²) in [5, 5.41) is 10.0. The van der Waals surface area contributed by atoms with Gasteiger partial charge in [-0.3, -0.25) is 0 Å². The van der Waals surface area contributed by atoms with Crippen molar-refractivity contribution in [2.24, 2.45) is 0 Å². The summed E-state index contributed by atoms with van der Waals surface area (Å²) in [5.41, 5.74) is 3.48. The van der Waals surface area contributed by atoms with Crippen molar-refractivity contribution in [2.75, 3.05) is 6.61 Å². The molecule has 0 fully saturated rings. The number of hydrogen-bond donors (Lipinski definition) is 1. The maximum absolute atomic E-state index is 8.96. The van der Waals surface area contributed by atoms with Gasteiger partial charge >= 0.3 is 0 Å². The fraction of sp³-hybridized carbons (Fsp3) is 0.308. The first-order valence-electron chi connectivity index (χ1n) is 5.35. The number of nitrogens with zero attached hydrogens (tertiary/aromatic N) is 1. The van der Waals surface area contributed by atoms with Gasteiger partial charge in [-0.1, -0.05) is 24.3 Å². The third-order valence-electron chi connectivity index (χ3n) is 2.61. The monoisotopic (exact) mass is 233 g/mol. The van der Waals surface area contributed by atoms with E-state index in [-0.39, 0.29) is 6.61 Å². The van der Waals surface area contributed by atoms with Crippen molar-refractivity contribution in [3.05, 3.63) is 40.4 Å². The average molecular weight is 233 g/mol. The zero-order chi connectivity index (χ0) is 11.5. The smallest absolute Gasteiger partial charge is 0.124 e. The molecule has 1 N–H and O–H groups in total. The molecule has 2 nitrogen and oxygen atoms in total. The van der Waals surface area contributed by atoms with Crippen LogP contribution in [0.3, 0.4) is 0 Å². The van der Waals surface area contributed by atoms with Gasteiger partial charge in [0.2, 0.25) is 0 Å². The number of hydrogen-bond acceptors (Lipinski definition) is 3. The van der Waals surface area contributed by atoms with Gasteiger partial charge in [-0.25, -0.2) is 4.98 Å². The molecule has 0 bridgehead atoms. The zero-order valence-corrected chi connectivity index (χ0v) is 10.3. The van der Waals surface area contributed by atoms with Gasteiger partial charge in [-0.2, -0.15) is 0 Å². The molecule has 2 aromatic rings. The number of benzene rings is 1. The standard InChI is InChI=1S/C13H15NOS/c1-9-5-3-4-6-11(9)13-14-10(2)12(16-13)7-8-15/h3-6,15H,7-8H2,1-2H3. The maximum Gasteiger partial charge on any atom is 0.124 e. The number of rotatable bonds is 3. The number of aliphatic hydroxyl groups excluding tert-OH is 1. The first-order chi connectivity index (χ1) is 7.72. The Hall–Kier alpha value is -1.19. The molecule has 0 aliphatic carbocycles. The van der Waals surface area contributed by atoms with Gasteiger partial charge in [0, 0.05) is 23.5 Å². The minimum atomic E-state index is 0.191. The Balaban J connectivity index is 2.42. The zero-order valence-electron chi connectivity index (χ0n) is 9.53. The molecule has 3 heteroatoms. The van der Waals surface area contributed by atoms with E-state index in [0.29, 0.717) is 6.42 Å². The van der Waals surface area contributed by atoms with E-state index in [4.69, 9.17) is 5.11 Å². The van der Waals surface area contributed by atoms with Crippen LogP contribution in [0.25, 0.3) is 10.6 Å². The Bertz CT molecular complexity index is 490. The Morgan fingerprint density at radius 2 is 2.00 bits per heavy atom. The van der Waals surface area contributed by atoms with E-state index in [1.807, 2.05) is 19.1 Å². The van der Waals surface area contributed by atoms with Crippen LogP contribution < -0.4 is 0 Å². The van der Waals surface area contributed by atoms with Crippen LogP contribution >= 0.6 is 11.3 Å². The highest BCUT2D eigenvalue weighted by atomic mass is 32.1. The molecule has 0 unspecified atom stereocenters.